The highest BCUT2D eigenvalue weighted by Gasteiger charge is 2.21. The van der Waals surface area contributed by atoms with Crippen molar-refractivity contribution in [1.82, 2.24) is 5.32 Å². The fourth-order valence-corrected chi connectivity index (χ4v) is 2.18. The molecule has 2 rings (SSSR count). The van der Waals surface area contributed by atoms with Gasteiger partial charge in [-0.25, -0.2) is 0 Å². The Kier molecular flexibility index (Phi) is 4.24. The number of hydrogen-bond acceptors (Lipinski definition) is 5. The number of nitrogen functional groups attached to an aromatic ring is 1. The molecule has 0 spiro atoms. The summed E-state index contributed by atoms with van der Waals surface area (Å²) in [6, 6.07) is 5.24. The highest BCUT2D eigenvalue weighted by Crippen LogP contribution is 2.26. The fraction of sp³-hybridized carbons (Fsp3) is 0.462. The third kappa shape index (κ3) is 2.97. The number of nitrogens with zero attached hydrogens (tertiary/aromatic N) is 1. The zero-order valence-corrected chi connectivity index (χ0v) is 10.9. The molecule has 4 N–H and O–H groups in total. The predicted octanol–water partition coefficient (Wildman–Crippen LogP) is -0.174. The number of hydrogen-bond donors (Lipinski definition) is 3. The van der Waals surface area contributed by atoms with E-state index in [1.54, 1.807) is 19.2 Å². The lowest BCUT2D eigenvalue weighted by Gasteiger charge is -2.34. The molecule has 1 aromatic carbocycles. The summed E-state index contributed by atoms with van der Waals surface area (Å²) >= 11 is 0. The predicted molar refractivity (Wildman–Crippen MR) is 73.3 cm³/mol. The van der Waals surface area contributed by atoms with Crippen molar-refractivity contribution >= 4 is 17.3 Å². The number of aliphatic hydroxyl groups excluding tert-OH is 1. The van der Waals surface area contributed by atoms with Gasteiger partial charge < -0.3 is 25.8 Å². The Morgan fingerprint density at radius 2 is 2.42 bits per heavy atom. The third-order valence-electron chi connectivity index (χ3n) is 3.20. The smallest absolute Gasteiger partial charge is 0.251 e. The highest BCUT2D eigenvalue weighted by atomic mass is 16.5. The number of carbonyl (C=O) groups is 1. The molecule has 1 atom stereocenters. The number of anilines is 2. The molecule has 1 amide bonds. The van der Waals surface area contributed by atoms with Gasteiger partial charge >= 0.3 is 0 Å². The van der Waals surface area contributed by atoms with Crippen molar-refractivity contribution in [2.75, 3.05) is 44.0 Å². The number of carbonyl (C=O) groups excluding carboxylic acids is 1. The Labute approximate surface area is 112 Å². The second-order valence-electron chi connectivity index (χ2n) is 4.47. The summed E-state index contributed by atoms with van der Waals surface area (Å²) in [4.78, 5) is 13.6. The molecule has 1 aromatic rings. The van der Waals surface area contributed by atoms with Gasteiger partial charge in [-0.3, -0.25) is 4.79 Å². The standard InChI is InChI=1S/C13H19N3O3/c1-15-13(18)9-2-3-12(11(14)6-9)16-4-5-19-10(7-16)8-17/h2-3,6,10,17H,4-5,7-8,14H2,1H3,(H,15,18). The number of morpholine rings is 1. The molecule has 0 aliphatic carbocycles. The topological polar surface area (TPSA) is 87.8 Å². The first-order valence-electron chi connectivity index (χ1n) is 6.24. The van der Waals surface area contributed by atoms with E-state index in [-0.39, 0.29) is 18.6 Å². The lowest BCUT2D eigenvalue weighted by Crippen LogP contribution is -2.44. The summed E-state index contributed by atoms with van der Waals surface area (Å²) in [6.45, 7) is 1.87. The van der Waals surface area contributed by atoms with E-state index in [0.717, 1.165) is 12.2 Å². The second kappa shape index (κ2) is 5.90. The van der Waals surface area contributed by atoms with E-state index in [2.05, 4.69) is 10.2 Å². The van der Waals surface area contributed by atoms with Gasteiger partial charge in [0, 0.05) is 25.7 Å². The summed E-state index contributed by atoms with van der Waals surface area (Å²) in [5.41, 5.74) is 7.97. The van der Waals surface area contributed by atoms with Gasteiger partial charge in [0.2, 0.25) is 0 Å². The van der Waals surface area contributed by atoms with Crippen LogP contribution in [0.4, 0.5) is 11.4 Å². The van der Waals surface area contributed by atoms with Crippen molar-refractivity contribution in [1.29, 1.82) is 0 Å². The second-order valence-corrected chi connectivity index (χ2v) is 4.47. The van der Waals surface area contributed by atoms with Gasteiger partial charge in [-0.2, -0.15) is 0 Å². The number of amides is 1. The van der Waals surface area contributed by atoms with E-state index < -0.39 is 0 Å². The Morgan fingerprint density at radius 1 is 1.63 bits per heavy atom. The Hall–Kier alpha value is -1.79. The van der Waals surface area contributed by atoms with E-state index in [1.165, 1.54) is 0 Å². The molecule has 19 heavy (non-hydrogen) atoms. The number of nitrogens with two attached hydrogens (primary N) is 1. The summed E-state index contributed by atoms with van der Waals surface area (Å²) < 4.78 is 5.40. The van der Waals surface area contributed by atoms with Gasteiger partial charge in [0.25, 0.3) is 5.91 Å². The molecule has 6 heteroatoms. The van der Waals surface area contributed by atoms with Crippen LogP contribution in [-0.2, 0) is 4.74 Å². The van der Waals surface area contributed by atoms with Crippen molar-refractivity contribution in [3.63, 3.8) is 0 Å². The first-order chi connectivity index (χ1) is 9.15. The summed E-state index contributed by atoms with van der Waals surface area (Å²) in [5, 5.41) is 11.7. The van der Waals surface area contributed by atoms with Crippen LogP contribution >= 0.6 is 0 Å². The molecule has 6 nitrogen and oxygen atoms in total. The van der Waals surface area contributed by atoms with Gasteiger partial charge in [-0.15, -0.1) is 0 Å². The molecule has 1 unspecified atom stereocenters. The zero-order chi connectivity index (χ0) is 13.8. The van der Waals surface area contributed by atoms with Crippen LogP contribution in [0, 0.1) is 0 Å². The Bertz CT molecular complexity index is 464. The summed E-state index contributed by atoms with van der Waals surface area (Å²) in [7, 11) is 1.58. The van der Waals surface area contributed by atoms with Crippen molar-refractivity contribution in [3.8, 4) is 0 Å². The van der Waals surface area contributed by atoms with E-state index >= 15 is 0 Å². The minimum Gasteiger partial charge on any atom is -0.397 e. The summed E-state index contributed by atoms with van der Waals surface area (Å²) in [6.07, 6.45) is -0.188. The monoisotopic (exact) mass is 265 g/mol. The van der Waals surface area contributed by atoms with Crippen LogP contribution in [0.2, 0.25) is 0 Å². The molecule has 1 fully saturated rings. The SMILES string of the molecule is CNC(=O)c1ccc(N2CCOC(CO)C2)c(N)c1. The largest absolute Gasteiger partial charge is 0.397 e. The average Bonchev–Trinajstić information content (AvgIpc) is 2.46. The maximum absolute atomic E-state index is 11.5. The molecule has 1 heterocycles. The van der Waals surface area contributed by atoms with Gasteiger partial charge in [0.1, 0.15) is 0 Å². The highest BCUT2D eigenvalue weighted by molar-refractivity contribution is 5.96. The van der Waals surface area contributed by atoms with Gasteiger partial charge in [0.15, 0.2) is 0 Å². The van der Waals surface area contributed by atoms with Gasteiger partial charge in [-0.05, 0) is 18.2 Å². The van der Waals surface area contributed by atoms with Crippen LogP contribution in [0.15, 0.2) is 18.2 Å². The minimum atomic E-state index is -0.188. The number of ether oxygens (including phenoxy) is 1. The van der Waals surface area contributed by atoms with E-state index in [4.69, 9.17) is 15.6 Å². The summed E-state index contributed by atoms with van der Waals surface area (Å²) in [5.74, 6) is -0.159. The van der Waals surface area contributed by atoms with Gasteiger partial charge in [0.05, 0.1) is 30.7 Å². The van der Waals surface area contributed by atoms with Crippen LogP contribution < -0.4 is 16.0 Å². The van der Waals surface area contributed by atoms with Gasteiger partial charge in [-0.1, -0.05) is 0 Å². The van der Waals surface area contributed by atoms with Crippen LogP contribution in [0.1, 0.15) is 10.4 Å². The lowest BCUT2D eigenvalue weighted by atomic mass is 10.1. The van der Waals surface area contributed by atoms with E-state index in [0.29, 0.717) is 24.4 Å². The molecule has 104 valence electrons. The molecular formula is C13H19N3O3. The van der Waals surface area contributed by atoms with E-state index in [9.17, 15) is 4.79 Å². The van der Waals surface area contributed by atoms with Crippen LogP contribution in [-0.4, -0.2) is 50.5 Å². The van der Waals surface area contributed by atoms with Crippen LogP contribution in [0.5, 0.6) is 0 Å². The normalized spacial score (nSPS) is 19.3. The molecule has 1 aliphatic heterocycles. The molecule has 1 aliphatic rings. The quantitative estimate of drug-likeness (QED) is 0.660. The number of rotatable bonds is 3. The van der Waals surface area contributed by atoms with E-state index in [1.807, 2.05) is 6.07 Å². The van der Waals surface area contributed by atoms with Crippen LogP contribution in [0.3, 0.4) is 0 Å². The third-order valence-corrected chi connectivity index (χ3v) is 3.20. The van der Waals surface area contributed by atoms with Crippen molar-refractivity contribution in [2.24, 2.45) is 0 Å². The van der Waals surface area contributed by atoms with Crippen molar-refractivity contribution < 1.29 is 14.6 Å². The molecule has 0 radical (unpaired) electrons. The van der Waals surface area contributed by atoms with Crippen molar-refractivity contribution in [3.05, 3.63) is 23.8 Å². The maximum atomic E-state index is 11.5. The first-order valence-corrected chi connectivity index (χ1v) is 6.24. The van der Waals surface area contributed by atoms with Crippen LogP contribution in [0.25, 0.3) is 0 Å². The molecule has 0 aromatic heterocycles. The fourth-order valence-electron chi connectivity index (χ4n) is 2.18. The zero-order valence-electron chi connectivity index (χ0n) is 10.9. The molecule has 0 saturated carbocycles. The molecule has 1 saturated heterocycles. The minimum absolute atomic E-state index is 0.00721. The number of benzene rings is 1. The number of aliphatic hydroxyl groups is 1. The van der Waals surface area contributed by atoms with Crippen molar-refractivity contribution in [2.45, 2.75) is 6.10 Å². The number of nitrogens with one attached hydrogen (secondary N) is 1. The average molecular weight is 265 g/mol. The molecular weight excluding hydrogens is 246 g/mol. The Balaban J connectivity index is 2.18. The molecule has 0 bridgehead atoms. The lowest BCUT2D eigenvalue weighted by molar-refractivity contribution is 0.00360. The Morgan fingerprint density at radius 3 is 3.05 bits per heavy atom. The first kappa shape index (κ1) is 13.6. The maximum Gasteiger partial charge on any atom is 0.251 e.